The van der Waals surface area contributed by atoms with Crippen LogP contribution in [0, 0.1) is 0 Å². The van der Waals surface area contributed by atoms with Gasteiger partial charge in [-0.25, -0.2) is 4.79 Å². The molecule has 2 atom stereocenters. The maximum atomic E-state index is 12.1. The molecule has 8 nitrogen and oxygen atoms in total. The van der Waals surface area contributed by atoms with E-state index in [9.17, 15) is 9.59 Å². The Morgan fingerprint density at radius 3 is 2.85 bits per heavy atom. The van der Waals surface area contributed by atoms with Gasteiger partial charge < -0.3 is 29.5 Å². The number of carboxylic acid groups (broad SMARTS) is 1. The van der Waals surface area contributed by atoms with Crippen molar-refractivity contribution in [3.63, 3.8) is 0 Å². The van der Waals surface area contributed by atoms with Gasteiger partial charge in [0.05, 0.1) is 38.4 Å². The highest BCUT2D eigenvalue weighted by atomic mass is 16.5. The number of rotatable bonds is 7. The van der Waals surface area contributed by atoms with E-state index in [0.29, 0.717) is 26.3 Å². The van der Waals surface area contributed by atoms with E-state index >= 15 is 0 Å². The number of carbonyl (C=O) groups excluding carboxylic acids is 1. The Bertz CT molecular complexity index is 325. The van der Waals surface area contributed by atoms with Gasteiger partial charge in [-0.1, -0.05) is 0 Å². The van der Waals surface area contributed by atoms with E-state index in [1.807, 2.05) is 0 Å². The molecule has 1 rings (SSSR count). The molecular formula is C12H22N2O6. The summed E-state index contributed by atoms with van der Waals surface area (Å²) in [6.45, 7) is 1.71. The summed E-state index contributed by atoms with van der Waals surface area (Å²) >= 11 is 0. The van der Waals surface area contributed by atoms with Gasteiger partial charge in [-0.2, -0.15) is 0 Å². The number of hydrogen-bond donors (Lipinski definition) is 2. The van der Waals surface area contributed by atoms with Crippen LogP contribution in [0.15, 0.2) is 0 Å². The molecule has 116 valence electrons. The second-order valence-corrected chi connectivity index (χ2v) is 4.52. The fourth-order valence-electron chi connectivity index (χ4n) is 1.99. The van der Waals surface area contributed by atoms with E-state index in [4.69, 9.17) is 19.3 Å². The predicted octanol–water partition coefficient (Wildman–Crippen LogP) is -0.467. The Kier molecular flexibility index (Phi) is 7.27. The largest absolute Gasteiger partial charge is 0.481 e. The number of methoxy groups -OCH3 is 2. The number of amides is 2. The van der Waals surface area contributed by atoms with Crippen molar-refractivity contribution in [3.8, 4) is 0 Å². The quantitative estimate of drug-likeness (QED) is 0.658. The van der Waals surface area contributed by atoms with Crippen LogP contribution in [0.2, 0.25) is 0 Å². The maximum absolute atomic E-state index is 12.1. The Balaban J connectivity index is 2.48. The van der Waals surface area contributed by atoms with Crippen LogP contribution in [0.25, 0.3) is 0 Å². The summed E-state index contributed by atoms with van der Waals surface area (Å²) in [7, 11) is 3.09. The Labute approximate surface area is 118 Å². The van der Waals surface area contributed by atoms with Crippen LogP contribution in [-0.4, -0.2) is 81.3 Å². The van der Waals surface area contributed by atoms with E-state index in [1.165, 1.54) is 12.0 Å². The number of carboxylic acids is 1. The molecule has 0 aromatic rings. The molecule has 0 aliphatic carbocycles. The molecule has 1 fully saturated rings. The minimum absolute atomic E-state index is 0.126. The number of nitrogens with zero attached hydrogens (tertiary/aromatic N) is 1. The number of morpholine rings is 1. The van der Waals surface area contributed by atoms with Crippen molar-refractivity contribution in [3.05, 3.63) is 0 Å². The standard InChI is InChI=1S/C12H22N2O6/c1-18-8-10(19-2)6-13-12(17)14-3-4-20-7-9(14)5-11(15)16/h9-10H,3-8H2,1-2H3,(H,13,17)(H,15,16). The van der Waals surface area contributed by atoms with Crippen molar-refractivity contribution >= 4 is 12.0 Å². The molecule has 2 N–H and O–H groups in total. The van der Waals surface area contributed by atoms with Gasteiger partial charge in [-0.05, 0) is 0 Å². The molecule has 8 heteroatoms. The Hall–Kier alpha value is -1.38. The zero-order chi connectivity index (χ0) is 15.0. The molecule has 1 heterocycles. The first-order valence-electron chi connectivity index (χ1n) is 6.44. The third kappa shape index (κ3) is 5.32. The molecule has 0 bridgehead atoms. The lowest BCUT2D eigenvalue weighted by Gasteiger charge is -2.35. The average Bonchev–Trinajstić information content (AvgIpc) is 2.43. The summed E-state index contributed by atoms with van der Waals surface area (Å²) in [5, 5.41) is 11.6. The van der Waals surface area contributed by atoms with E-state index in [0.717, 1.165) is 0 Å². The van der Waals surface area contributed by atoms with Crippen LogP contribution in [-0.2, 0) is 19.0 Å². The monoisotopic (exact) mass is 290 g/mol. The van der Waals surface area contributed by atoms with Gasteiger partial charge >= 0.3 is 12.0 Å². The van der Waals surface area contributed by atoms with Crippen LogP contribution in [0.1, 0.15) is 6.42 Å². The van der Waals surface area contributed by atoms with Gasteiger partial charge in [-0.15, -0.1) is 0 Å². The minimum atomic E-state index is -0.951. The fraction of sp³-hybridized carbons (Fsp3) is 0.833. The number of ether oxygens (including phenoxy) is 3. The zero-order valence-electron chi connectivity index (χ0n) is 11.8. The molecule has 20 heavy (non-hydrogen) atoms. The van der Waals surface area contributed by atoms with Crippen molar-refractivity contribution in [2.24, 2.45) is 0 Å². The van der Waals surface area contributed by atoms with Gasteiger partial charge in [0.25, 0.3) is 0 Å². The fourth-order valence-corrected chi connectivity index (χ4v) is 1.99. The third-order valence-corrected chi connectivity index (χ3v) is 3.07. The molecule has 1 aliphatic rings. The highest BCUT2D eigenvalue weighted by molar-refractivity contribution is 5.76. The molecule has 2 amide bonds. The lowest BCUT2D eigenvalue weighted by molar-refractivity contribution is -0.139. The number of aliphatic carboxylic acids is 1. The zero-order valence-corrected chi connectivity index (χ0v) is 11.8. The number of urea groups is 1. The summed E-state index contributed by atoms with van der Waals surface area (Å²) < 4.78 is 15.3. The highest BCUT2D eigenvalue weighted by Crippen LogP contribution is 2.10. The van der Waals surface area contributed by atoms with Gasteiger partial charge in [0.15, 0.2) is 0 Å². The molecule has 0 aromatic heterocycles. The minimum Gasteiger partial charge on any atom is -0.481 e. The third-order valence-electron chi connectivity index (χ3n) is 3.07. The summed E-state index contributed by atoms with van der Waals surface area (Å²) in [6, 6.07) is -0.748. The molecule has 1 aliphatic heterocycles. The first-order chi connectivity index (χ1) is 9.58. The molecular weight excluding hydrogens is 268 g/mol. The lowest BCUT2D eigenvalue weighted by Crippen LogP contribution is -2.54. The van der Waals surface area contributed by atoms with E-state index in [-0.39, 0.29) is 25.2 Å². The summed E-state index contributed by atoms with van der Waals surface area (Å²) in [6.07, 6.45) is -0.359. The SMILES string of the molecule is COCC(CNC(=O)N1CCOCC1CC(=O)O)OC. The normalized spacial score (nSPS) is 20.5. The van der Waals surface area contributed by atoms with Crippen molar-refractivity contribution < 1.29 is 28.9 Å². The van der Waals surface area contributed by atoms with Crippen molar-refractivity contribution in [1.29, 1.82) is 0 Å². The molecule has 0 spiro atoms. The van der Waals surface area contributed by atoms with Crippen LogP contribution >= 0.6 is 0 Å². The smallest absolute Gasteiger partial charge is 0.317 e. The topological polar surface area (TPSA) is 97.3 Å². The number of nitrogens with one attached hydrogen (secondary N) is 1. The molecule has 2 unspecified atom stereocenters. The van der Waals surface area contributed by atoms with E-state index < -0.39 is 12.0 Å². The molecule has 0 saturated carbocycles. The van der Waals surface area contributed by atoms with E-state index in [1.54, 1.807) is 7.11 Å². The van der Waals surface area contributed by atoms with E-state index in [2.05, 4.69) is 5.32 Å². The van der Waals surface area contributed by atoms with Crippen LogP contribution in [0.4, 0.5) is 4.79 Å². The van der Waals surface area contributed by atoms with Crippen molar-refractivity contribution in [2.75, 3.05) is 47.1 Å². The summed E-state index contributed by atoms with van der Waals surface area (Å²) in [4.78, 5) is 24.4. The summed E-state index contributed by atoms with van der Waals surface area (Å²) in [5.74, 6) is -0.951. The molecule has 0 radical (unpaired) electrons. The Morgan fingerprint density at radius 2 is 2.25 bits per heavy atom. The van der Waals surface area contributed by atoms with Crippen molar-refractivity contribution in [1.82, 2.24) is 10.2 Å². The first kappa shape index (κ1) is 16.7. The lowest BCUT2D eigenvalue weighted by atomic mass is 10.1. The van der Waals surface area contributed by atoms with Gasteiger partial charge in [0, 0.05) is 27.3 Å². The van der Waals surface area contributed by atoms with Gasteiger partial charge in [0.1, 0.15) is 0 Å². The highest BCUT2D eigenvalue weighted by Gasteiger charge is 2.29. The van der Waals surface area contributed by atoms with Crippen LogP contribution < -0.4 is 5.32 Å². The Morgan fingerprint density at radius 1 is 1.50 bits per heavy atom. The number of carbonyl (C=O) groups is 2. The first-order valence-corrected chi connectivity index (χ1v) is 6.44. The maximum Gasteiger partial charge on any atom is 0.317 e. The molecule has 0 aromatic carbocycles. The summed E-state index contributed by atoms with van der Waals surface area (Å²) in [5.41, 5.74) is 0. The van der Waals surface area contributed by atoms with Crippen molar-refractivity contribution in [2.45, 2.75) is 18.6 Å². The second-order valence-electron chi connectivity index (χ2n) is 4.52. The van der Waals surface area contributed by atoms with Gasteiger partial charge in [0.2, 0.25) is 0 Å². The van der Waals surface area contributed by atoms with Crippen LogP contribution in [0.5, 0.6) is 0 Å². The average molecular weight is 290 g/mol. The van der Waals surface area contributed by atoms with Crippen LogP contribution in [0.3, 0.4) is 0 Å². The van der Waals surface area contributed by atoms with Gasteiger partial charge in [-0.3, -0.25) is 4.79 Å². The number of hydrogen-bond acceptors (Lipinski definition) is 5. The molecule has 1 saturated heterocycles. The predicted molar refractivity (Wildman–Crippen MR) is 69.6 cm³/mol. The second kappa shape index (κ2) is 8.72.